The lowest BCUT2D eigenvalue weighted by atomic mass is 9.92. The molecule has 3 aromatic heterocycles. The third kappa shape index (κ3) is 21.2. The first-order valence-corrected chi connectivity index (χ1v) is 34.4. The number of aromatic nitrogens is 3. The molecule has 103 heavy (non-hydrogen) atoms. The van der Waals surface area contributed by atoms with E-state index < -0.39 is 48.6 Å². The van der Waals surface area contributed by atoms with Gasteiger partial charge in [-0.1, -0.05) is 150 Å². The van der Waals surface area contributed by atoms with Gasteiger partial charge in [0, 0.05) is 98.9 Å². The largest absolute Gasteiger partial charge is 0.550 e. The van der Waals surface area contributed by atoms with Crippen molar-refractivity contribution in [3.8, 4) is 33.4 Å². The number of ether oxygens (including phenoxy) is 4. The van der Waals surface area contributed by atoms with Crippen LogP contribution < -0.4 is 5.11 Å². The molecule has 4 N–H and O–H groups in total. The number of pyridine rings is 3. The summed E-state index contributed by atoms with van der Waals surface area (Å²) in [5.74, 6) is -2.75. The molecule has 3 saturated carbocycles. The highest BCUT2D eigenvalue weighted by atomic mass is 19.1. The zero-order valence-electron chi connectivity index (χ0n) is 56.4. The predicted molar refractivity (Wildman–Crippen MR) is 398 cm³/mol. The van der Waals surface area contributed by atoms with Crippen molar-refractivity contribution in [2.75, 3.05) is 13.2 Å². The van der Waals surface area contributed by atoms with Gasteiger partial charge in [0.25, 0.3) is 0 Å². The molecule has 0 radical (unpaired) electrons. The van der Waals surface area contributed by atoms with Crippen LogP contribution in [-0.2, 0) is 33.3 Å². The highest BCUT2D eigenvalue weighted by molar-refractivity contribution is 6.02. The van der Waals surface area contributed by atoms with E-state index in [-0.39, 0.29) is 90.2 Å². The van der Waals surface area contributed by atoms with Crippen LogP contribution in [0.25, 0.3) is 84.3 Å². The number of carbonyl (C=O) groups excluding carboxylic acids is 3. The normalized spacial score (nSPS) is 17.4. The number of hydrogen-bond donors (Lipinski definition) is 4. The number of carbonyl (C=O) groups is 3. The van der Waals surface area contributed by atoms with Gasteiger partial charge >= 0.3 is 11.9 Å². The van der Waals surface area contributed by atoms with Crippen molar-refractivity contribution in [1.29, 1.82) is 0 Å². The molecule has 1 aliphatic heterocycles. The molecular formula is C85H95F3N3O12-. The maximum atomic E-state index is 13.8. The van der Waals surface area contributed by atoms with Gasteiger partial charge in [0.05, 0.1) is 96.3 Å². The van der Waals surface area contributed by atoms with Crippen LogP contribution >= 0.6 is 0 Å². The van der Waals surface area contributed by atoms with Crippen LogP contribution in [0.4, 0.5) is 13.2 Å². The Morgan fingerprint density at radius 3 is 1.22 bits per heavy atom. The van der Waals surface area contributed by atoms with Gasteiger partial charge < -0.3 is 49.3 Å². The summed E-state index contributed by atoms with van der Waals surface area (Å²) in [7, 11) is 0. The molecule has 544 valence electrons. The van der Waals surface area contributed by atoms with Gasteiger partial charge in [0.15, 0.2) is 5.79 Å². The van der Waals surface area contributed by atoms with Gasteiger partial charge in [-0.05, 0) is 138 Å². The van der Waals surface area contributed by atoms with Crippen molar-refractivity contribution in [1.82, 2.24) is 15.0 Å². The maximum Gasteiger partial charge on any atom is 0.308 e. The van der Waals surface area contributed by atoms with E-state index in [9.17, 15) is 53.1 Å². The molecule has 4 heterocycles. The molecule has 0 bridgehead atoms. The Morgan fingerprint density at radius 2 is 0.864 bits per heavy atom. The Labute approximate surface area is 601 Å². The Bertz CT molecular complexity index is 4450. The molecule has 15 nitrogen and oxygen atoms in total. The van der Waals surface area contributed by atoms with Gasteiger partial charge in [-0.15, -0.1) is 0 Å². The minimum Gasteiger partial charge on any atom is -0.550 e. The van der Waals surface area contributed by atoms with E-state index in [4.69, 9.17) is 33.9 Å². The average molecular weight is 1410 g/mol. The van der Waals surface area contributed by atoms with Crippen LogP contribution in [0.3, 0.4) is 0 Å². The van der Waals surface area contributed by atoms with Crippen molar-refractivity contribution in [3.63, 3.8) is 0 Å². The van der Waals surface area contributed by atoms with Crippen molar-refractivity contribution in [3.05, 3.63) is 215 Å². The van der Waals surface area contributed by atoms with E-state index >= 15 is 0 Å². The third-order valence-electron chi connectivity index (χ3n) is 17.8. The Kier molecular flexibility index (Phi) is 27.9. The number of fused-ring (bicyclic) bond motifs is 3. The Balaban J connectivity index is 0.000000194. The van der Waals surface area contributed by atoms with E-state index in [2.05, 4.69) is 12.1 Å². The number of nitrogens with zero attached hydrogens (tertiary/aromatic N) is 3. The summed E-state index contributed by atoms with van der Waals surface area (Å²) in [5, 5.41) is 54.3. The fraction of sp³-hybridized carbons (Fsp3) is 0.365. The second-order valence-corrected chi connectivity index (χ2v) is 26.4. The number of para-hydroxylation sites is 3. The number of rotatable bonds is 24. The molecule has 9 aromatic rings. The summed E-state index contributed by atoms with van der Waals surface area (Å²) in [4.78, 5) is 49.2. The molecule has 4 aliphatic rings. The molecule has 0 spiro atoms. The summed E-state index contributed by atoms with van der Waals surface area (Å²) < 4.78 is 63.2. The van der Waals surface area contributed by atoms with Gasteiger partial charge in [0.1, 0.15) is 17.5 Å². The molecule has 18 heteroatoms. The van der Waals surface area contributed by atoms with Crippen molar-refractivity contribution in [2.45, 2.75) is 187 Å². The molecular weight excluding hydrogens is 1310 g/mol. The van der Waals surface area contributed by atoms with E-state index in [1.165, 1.54) is 36.4 Å². The van der Waals surface area contributed by atoms with E-state index in [1.807, 2.05) is 105 Å². The number of benzene rings is 6. The van der Waals surface area contributed by atoms with Gasteiger partial charge in [-0.25, -0.2) is 13.2 Å². The zero-order chi connectivity index (χ0) is 70.6. The minimum absolute atomic E-state index is 0. The van der Waals surface area contributed by atoms with Crippen LogP contribution in [0.2, 0.25) is 0 Å². The second-order valence-electron chi connectivity index (χ2n) is 26.4. The highest BCUT2D eigenvalue weighted by Gasteiger charge is 2.37. The standard InChI is InChI=1S/C30H32FNO4.C27H28FNO4.C25H24FNO4.3CH4/c1-4-34-27(33)18-23-17-22(35-30(2,3)36-23)15-16-25-28(19-11-13-21(31)14-12-19)24-7-5-6-8-26(24)32-29(25)20-9-10-20;1-2-33-25(32)16-21(31)15-20(30)13-14-23-26(17-9-11-19(28)12-10-17)22-5-3-4-6-24(22)29-27(23)18-7-8-18;26-17-9-7-15(8-10-17)24-20-3-1-2-4-22(20)27-25(16-5-6-16)21(24)12-11-18(28)13-19(29)14-23(30)31;;;/h5-8,11-16,20,22-23H,4,9-10,17-18H2,1-3H3;3-6,9-14,18,20-21,30-31H,2,7-8,15-16H2,1H3;1-4,7-12,16,18-19,28-29H,5-6,13-14H2,(H,30,31);3*1H4/p-1/b16-15+;14-13+;12-11+;;;/t22-,23-;20-,21-;18-,19-;;;/m111.../s1. The number of hydrogen-bond acceptors (Lipinski definition) is 15. The third-order valence-corrected chi connectivity index (χ3v) is 17.8. The average Bonchev–Trinajstić information content (AvgIpc) is 1.75. The highest BCUT2D eigenvalue weighted by Crippen LogP contribution is 2.49. The summed E-state index contributed by atoms with van der Waals surface area (Å²) in [6.07, 6.45) is 12.5. The zero-order valence-corrected chi connectivity index (χ0v) is 56.4. The minimum atomic E-state index is -1.36. The molecule has 6 aromatic carbocycles. The first-order chi connectivity index (χ1) is 48.2. The molecule has 4 fully saturated rings. The molecule has 6 atom stereocenters. The second kappa shape index (κ2) is 36.2. The van der Waals surface area contributed by atoms with Crippen molar-refractivity contribution < 1.29 is 72.0 Å². The lowest BCUT2D eigenvalue weighted by Gasteiger charge is -2.39. The Hall–Kier alpha value is -9.27. The molecule has 1 saturated heterocycles. The lowest BCUT2D eigenvalue weighted by Crippen LogP contribution is -2.44. The van der Waals surface area contributed by atoms with Crippen LogP contribution in [0.15, 0.2) is 164 Å². The number of aliphatic hydroxyl groups excluding tert-OH is 4. The van der Waals surface area contributed by atoms with Crippen molar-refractivity contribution >= 4 is 68.8 Å². The van der Waals surface area contributed by atoms with Crippen LogP contribution in [0.5, 0.6) is 0 Å². The van der Waals surface area contributed by atoms with Crippen LogP contribution in [0, 0.1) is 17.5 Å². The summed E-state index contributed by atoms with van der Waals surface area (Å²) in [5.41, 5.74) is 14.0. The van der Waals surface area contributed by atoms with E-state index in [1.54, 1.807) is 56.3 Å². The molecule has 0 unspecified atom stereocenters. The summed E-state index contributed by atoms with van der Waals surface area (Å²) in [6.45, 7) is 7.82. The summed E-state index contributed by atoms with van der Waals surface area (Å²) in [6, 6.07) is 43.1. The smallest absolute Gasteiger partial charge is 0.308 e. The van der Waals surface area contributed by atoms with Gasteiger partial charge in [-0.3, -0.25) is 24.5 Å². The number of carboxylic acid groups (broad SMARTS) is 1. The van der Waals surface area contributed by atoms with E-state index in [0.717, 1.165) is 138 Å². The van der Waals surface area contributed by atoms with Gasteiger partial charge in [-0.2, -0.15) is 0 Å². The number of esters is 2. The number of carboxylic acids is 1. The molecule has 3 aliphatic carbocycles. The lowest BCUT2D eigenvalue weighted by molar-refractivity contribution is -0.307. The first-order valence-electron chi connectivity index (χ1n) is 34.4. The monoisotopic (exact) mass is 1410 g/mol. The molecule has 0 amide bonds. The van der Waals surface area contributed by atoms with Crippen LogP contribution in [-0.4, -0.2) is 109 Å². The number of aliphatic hydroxyl groups is 4. The molecule has 13 rings (SSSR count). The fourth-order valence-electron chi connectivity index (χ4n) is 12.9. The fourth-order valence-corrected chi connectivity index (χ4v) is 12.9. The maximum absolute atomic E-state index is 13.8. The quantitative estimate of drug-likeness (QED) is 0.0412. The topological polar surface area (TPSA) is 231 Å². The number of aliphatic carboxylic acids is 1. The SMILES string of the molecule is C.C.C.CCOC(=O)C[C@H](O)C[C@H](O)/C=C/c1c(C2CC2)nc2ccccc2c1-c1ccc(F)cc1.CCOC(=O)C[C@H]1C[C@@H](/C=C/c2c(C3CC3)nc3ccccc3c2-c2ccc(F)cc2)OC(C)(C)O1.O=C([O-])C[C@H](O)C[C@H](O)/C=C/c1c(C2CC2)nc2ccccc2c1-c1ccc(F)cc1. The first kappa shape index (κ1) is 79.4. The predicted octanol–water partition coefficient (Wildman–Crippen LogP) is 16.9. The summed E-state index contributed by atoms with van der Waals surface area (Å²) >= 11 is 0. The van der Waals surface area contributed by atoms with Crippen molar-refractivity contribution in [2.24, 2.45) is 0 Å². The van der Waals surface area contributed by atoms with E-state index in [0.29, 0.717) is 30.8 Å². The Morgan fingerprint density at radius 1 is 0.515 bits per heavy atom. The number of halogens is 3. The van der Waals surface area contributed by atoms with Gasteiger partial charge in [0.2, 0.25) is 0 Å². The van der Waals surface area contributed by atoms with Crippen LogP contribution in [0.1, 0.15) is 179 Å².